The fraction of sp³-hybridized carbons (Fsp3) is 0.364. The molecular weight excluding hydrogens is 409 g/mol. The molecule has 29 heavy (non-hydrogen) atoms. The zero-order valence-corrected chi connectivity index (χ0v) is 17.8. The summed E-state index contributed by atoms with van der Waals surface area (Å²) in [6.45, 7) is 1.28. The normalized spacial score (nSPS) is 17.0. The number of likely N-dealkylation sites (N-methyl/N-ethyl adjacent to an activating group) is 1. The summed E-state index contributed by atoms with van der Waals surface area (Å²) in [6, 6.07) is 14.1. The van der Waals surface area contributed by atoms with Crippen LogP contribution in [0.2, 0.25) is 10.0 Å². The van der Waals surface area contributed by atoms with Crippen molar-refractivity contribution in [2.75, 3.05) is 13.6 Å². The Bertz CT molecular complexity index is 854. The molecule has 7 heteroatoms. The maximum atomic E-state index is 13.2. The van der Waals surface area contributed by atoms with Crippen molar-refractivity contribution < 1.29 is 9.59 Å². The molecule has 3 rings (SSSR count). The van der Waals surface area contributed by atoms with E-state index in [0.29, 0.717) is 23.0 Å². The molecule has 0 saturated carbocycles. The van der Waals surface area contributed by atoms with E-state index >= 15 is 0 Å². The lowest BCUT2D eigenvalue weighted by molar-refractivity contribution is -0.136. The molecule has 2 aromatic carbocycles. The van der Waals surface area contributed by atoms with Crippen LogP contribution in [0, 0.1) is 0 Å². The molecule has 1 aliphatic rings. The second-order valence-electron chi connectivity index (χ2n) is 7.34. The Morgan fingerprint density at radius 1 is 1.14 bits per heavy atom. The van der Waals surface area contributed by atoms with Crippen LogP contribution < -0.4 is 10.6 Å². The smallest absolute Gasteiger partial charge is 0.245 e. The fourth-order valence-electron chi connectivity index (χ4n) is 3.48. The first-order valence-corrected chi connectivity index (χ1v) is 10.5. The predicted molar refractivity (Wildman–Crippen MR) is 116 cm³/mol. The average molecular weight is 434 g/mol. The Hall–Kier alpha value is -2.08. The monoisotopic (exact) mass is 433 g/mol. The number of hydrogen-bond donors (Lipinski definition) is 2. The summed E-state index contributed by atoms with van der Waals surface area (Å²) in [5.41, 5.74) is 1.87. The first-order valence-electron chi connectivity index (χ1n) is 9.70. The minimum Gasteiger partial charge on any atom is -0.343 e. The molecule has 154 valence electrons. The van der Waals surface area contributed by atoms with E-state index in [2.05, 4.69) is 10.6 Å². The van der Waals surface area contributed by atoms with Crippen molar-refractivity contribution >= 4 is 35.0 Å². The van der Waals surface area contributed by atoms with Crippen LogP contribution in [-0.4, -0.2) is 42.4 Å². The van der Waals surface area contributed by atoms with Gasteiger partial charge >= 0.3 is 0 Å². The highest BCUT2D eigenvalue weighted by Crippen LogP contribution is 2.23. The number of halogens is 2. The van der Waals surface area contributed by atoms with Gasteiger partial charge in [0.25, 0.3) is 0 Å². The van der Waals surface area contributed by atoms with E-state index in [1.165, 1.54) is 0 Å². The molecule has 0 aromatic heterocycles. The van der Waals surface area contributed by atoms with Crippen molar-refractivity contribution in [3.63, 3.8) is 0 Å². The maximum absolute atomic E-state index is 13.2. The number of carbonyl (C=O) groups excluding carboxylic acids is 2. The van der Waals surface area contributed by atoms with Gasteiger partial charge in [-0.05, 0) is 42.6 Å². The van der Waals surface area contributed by atoms with Crippen LogP contribution in [0.5, 0.6) is 0 Å². The van der Waals surface area contributed by atoms with Crippen LogP contribution in [0.15, 0.2) is 48.5 Å². The lowest BCUT2D eigenvalue weighted by Crippen LogP contribution is -2.52. The third kappa shape index (κ3) is 5.95. The van der Waals surface area contributed by atoms with Crippen molar-refractivity contribution in [2.24, 2.45) is 0 Å². The third-order valence-electron chi connectivity index (χ3n) is 5.05. The molecular formula is C22H25Cl2N3O2. The highest BCUT2D eigenvalue weighted by molar-refractivity contribution is 6.42. The van der Waals surface area contributed by atoms with Gasteiger partial charge < -0.3 is 15.5 Å². The van der Waals surface area contributed by atoms with E-state index < -0.39 is 6.04 Å². The zero-order valence-electron chi connectivity index (χ0n) is 16.3. The SMILES string of the molecule is CN(Cc1ccccc1)C(=O)[C@H](Cc1ccc(Cl)c(Cl)c1)NC(=O)[C@@H]1CCCN1. The molecule has 0 spiro atoms. The van der Waals surface area contributed by atoms with Crippen molar-refractivity contribution in [3.8, 4) is 0 Å². The second kappa shape index (κ2) is 10.1. The summed E-state index contributed by atoms with van der Waals surface area (Å²) < 4.78 is 0. The van der Waals surface area contributed by atoms with E-state index in [1.807, 2.05) is 36.4 Å². The van der Waals surface area contributed by atoms with Gasteiger partial charge in [-0.15, -0.1) is 0 Å². The molecule has 0 radical (unpaired) electrons. The van der Waals surface area contributed by atoms with E-state index in [4.69, 9.17) is 23.2 Å². The van der Waals surface area contributed by atoms with Gasteiger partial charge in [0.2, 0.25) is 11.8 Å². The van der Waals surface area contributed by atoms with Crippen LogP contribution in [0.1, 0.15) is 24.0 Å². The number of benzene rings is 2. The van der Waals surface area contributed by atoms with E-state index in [-0.39, 0.29) is 17.9 Å². The van der Waals surface area contributed by atoms with E-state index in [0.717, 1.165) is 30.5 Å². The van der Waals surface area contributed by atoms with Gasteiger partial charge in [-0.25, -0.2) is 0 Å². The molecule has 2 N–H and O–H groups in total. The van der Waals surface area contributed by atoms with Crippen molar-refractivity contribution in [3.05, 3.63) is 69.7 Å². The molecule has 1 saturated heterocycles. The van der Waals surface area contributed by atoms with Crippen LogP contribution in [0.25, 0.3) is 0 Å². The number of amides is 2. The van der Waals surface area contributed by atoms with Gasteiger partial charge in [0.05, 0.1) is 16.1 Å². The molecule has 0 unspecified atom stereocenters. The molecule has 2 aromatic rings. The third-order valence-corrected chi connectivity index (χ3v) is 5.79. The first kappa shape index (κ1) is 21.6. The molecule has 2 amide bonds. The number of nitrogens with zero attached hydrogens (tertiary/aromatic N) is 1. The largest absolute Gasteiger partial charge is 0.343 e. The molecule has 0 aliphatic carbocycles. The topological polar surface area (TPSA) is 61.4 Å². The van der Waals surface area contributed by atoms with Gasteiger partial charge in [-0.1, -0.05) is 59.6 Å². The molecule has 1 heterocycles. The summed E-state index contributed by atoms with van der Waals surface area (Å²) in [5.74, 6) is -0.291. The standard InChI is InChI=1S/C22H25Cl2N3O2/c1-27(14-15-6-3-2-4-7-15)22(29)20(26-21(28)19-8-5-11-25-19)13-16-9-10-17(23)18(24)12-16/h2-4,6-7,9-10,12,19-20,25H,5,8,11,13-14H2,1H3,(H,26,28)/t19-,20-/m0/s1. The minimum atomic E-state index is -0.684. The molecule has 1 fully saturated rings. The first-order chi connectivity index (χ1) is 13.9. The Morgan fingerprint density at radius 2 is 1.90 bits per heavy atom. The molecule has 2 atom stereocenters. The van der Waals surface area contributed by atoms with Gasteiger partial charge in [-0.2, -0.15) is 0 Å². The zero-order chi connectivity index (χ0) is 20.8. The highest BCUT2D eigenvalue weighted by Gasteiger charge is 2.29. The summed E-state index contributed by atoms with van der Waals surface area (Å²) in [5, 5.41) is 7.00. The van der Waals surface area contributed by atoms with Gasteiger partial charge in [-0.3, -0.25) is 9.59 Å². The Morgan fingerprint density at radius 3 is 2.55 bits per heavy atom. The van der Waals surface area contributed by atoms with Crippen LogP contribution in [0.4, 0.5) is 0 Å². The molecule has 5 nitrogen and oxygen atoms in total. The number of hydrogen-bond acceptors (Lipinski definition) is 3. The predicted octanol–water partition coefficient (Wildman–Crippen LogP) is 3.43. The lowest BCUT2D eigenvalue weighted by Gasteiger charge is -2.26. The maximum Gasteiger partial charge on any atom is 0.245 e. The second-order valence-corrected chi connectivity index (χ2v) is 8.16. The van der Waals surface area contributed by atoms with Crippen molar-refractivity contribution in [1.29, 1.82) is 0 Å². The molecule has 1 aliphatic heterocycles. The Labute approximate surface area is 181 Å². The van der Waals surface area contributed by atoms with Gasteiger partial charge in [0.15, 0.2) is 0 Å². The summed E-state index contributed by atoms with van der Waals surface area (Å²) in [7, 11) is 1.75. The summed E-state index contributed by atoms with van der Waals surface area (Å²) in [4.78, 5) is 27.5. The van der Waals surface area contributed by atoms with Crippen LogP contribution in [-0.2, 0) is 22.6 Å². The minimum absolute atomic E-state index is 0.144. The Balaban J connectivity index is 1.75. The van der Waals surface area contributed by atoms with Crippen molar-refractivity contribution in [1.82, 2.24) is 15.5 Å². The summed E-state index contributed by atoms with van der Waals surface area (Å²) >= 11 is 12.1. The Kier molecular flexibility index (Phi) is 7.53. The van der Waals surface area contributed by atoms with Crippen molar-refractivity contribution in [2.45, 2.75) is 37.9 Å². The fourth-order valence-corrected chi connectivity index (χ4v) is 3.80. The van der Waals surface area contributed by atoms with E-state index in [9.17, 15) is 9.59 Å². The number of nitrogens with one attached hydrogen (secondary N) is 2. The number of rotatable bonds is 7. The quantitative estimate of drug-likeness (QED) is 0.702. The van der Waals surface area contributed by atoms with Crippen LogP contribution in [0.3, 0.4) is 0 Å². The average Bonchev–Trinajstić information content (AvgIpc) is 3.25. The van der Waals surface area contributed by atoms with Gasteiger partial charge in [0.1, 0.15) is 6.04 Å². The van der Waals surface area contributed by atoms with E-state index in [1.54, 1.807) is 24.1 Å². The summed E-state index contributed by atoms with van der Waals surface area (Å²) in [6.07, 6.45) is 2.07. The van der Waals surface area contributed by atoms with Gasteiger partial charge in [0, 0.05) is 20.0 Å². The number of carbonyl (C=O) groups is 2. The molecule has 0 bridgehead atoms. The highest BCUT2D eigenvalue weighted by atomic mass is 35.5. The lowest BCUT2D eigenvalue weighted by atomic mass is 10.0. The van der Waals surface area contributed by atoms with Crippen LogP contribution >= 0.6 is 23.2 Å².